The van der Waals surface area contributed by atoms with Gasteiger partial charge in [-0.1, -0.05) is 89.5 Å². The maximum atomic E-state index is 4.30. The molecule has 0 saturated heterocycles. The lowest BCUT2D eigenvalue weighted by Gasteiger charge is -2.31. The second-order valence-corrected chi connectivity index (χ2v) is 15.8. The van der Waals surface area contributed by atoms with Crippen LogP contribution in [-0.4, -0.2) is 8.07 Å². The lowest BCUT2D eigenvalue weighted by molar-refractivity contribution is -0.706. The van der Waals surface area contributed by atoms with Gasteiger partial charge in [-0.2, -0.15) is 4.57 Å². The van der Waals surface area contributed by atoms with Crippen molar-refractivity contribution in [1.82, 2.24) is 0 Å². The van der Waals surface area contributed by atoms with Crippen LogP contribution in [0.1, 0.15) is 63.1 Å². The number of pyridine rings is 1. The molecule has 1 aromatic heterocycles. The van der Waals surface area contributed by atoms with Gasteiger partial charge in [0.2, 0.25) is 5.69 Å². The van der Waals surface area contributed by atoms with Crippen molar-refractivity contribution in [1.29, 1.82) is 0 Å². The summed E-state index contributed by atoms with van der Waals surface area (Å²) in [5.41, 5.74) is 6.96. The van der Waals surface area contributed by atoms with Crippen molar-refractivity contribution >= 4 is 13.3 Å². The first-order chi connectivity index (χ1) is 15.2. The minimum atomic E-state index is -1.49. The van der Waals surface area contributed by atoms with E-state index in [1.54, 1.807) is 10.8 Å². The summed E-state index contributed by atoms with van der Waals surface area (Å²) in [4.78, 5) is 0. The van der Waals surface area contributed by atoms with E-state index >= 15 is 0 Å². The predicted molar refractivity (Wildman–Crippen MR) is 143 cm³/mol. The van der Waals surface area contributed by atoms with E-state index in [0.29, 0.717) is 11.8 Å². The van der Waals surface area contributed by atoms with Gasteiger partial charge in [-0.25, -0.2) is 0 Å². The third-order valence-electron chi connectivity index (χ3n) is 6.62. The van der Waals surface area contributed by atoms with Gasteiger partial charge in [0.05, 0.1) is 14.0 Å². The van der Waals surface area contributed by atoms with Crippen LogP contribution < -0.4 is 9.75 Å². The summed E-state index contributed by atoms with van der Waals surface area (Å²) in [6.07, 6.45) is 13.4. The molecule has 0 amide bonds. The zero-order valence-corrected chi connectivity index (χ0v) is 22.1. The van der Waals surface area contributed by atoms with E-state index in [0.717, 1.165) is 25.7 Å². The Morgan fingerprint density at radius 1 is 1.19 bits per heavy atom. The lowest BCUT2D eigenvalue weighted by Crippen LogP contribution is -2.53. The highest BCUT2D eigenvalue weighted by atomic mass is 28.3. The van der Waals surface area contributed by atoms with Gasteiger partial charge in [0.25, 0.3) is 0 Å². The number of hydrogen-bond acceptors (Lipinski definition) is 0. The van der Waals surface area contributed by atoms with Crippen molar-refractivity contribution in [3.05, 3.63) is 84.6 Å². The van der Waals surface area contributed by atoms with Crippen LogP contribution >= 0.6 is 0 Å². The van der Waals surface area contributed by atoms with Crippen molar-refractivity contribution in [3.8, 4) is 11.3 Å². The molecule has 2 atom stereocenters. The molecule has 0 N–H and O–H groups in total. The highest BCUT2D eigenvalue weighted by molar-refractivity contribution is 6.88. The Hall–Kier alpha value is -2.19. The Bertz CT molecular complexity index is 1010. The number of fused-ring (bicyclic) bond motifs is 3. The van der Waals surface area contributed by atoms with Crippen LogP contribution in [0.25, 0.3) is 11.3 Å². The van der Waals surface area contributed by atoms with Gasteiger partial charge in [0, 0.05) is 16.8 Å². The van der Waals surface area contributed by atoms with Crippen LogP contribution in [0.5, 0.6) is 0 Å². The van der Waals surface area contributed by atoms with Crippen molar-refractivity contribution in [2.24, 2.45) is 5.92 Å². The van der Waals surface area contributed by atoms with E-state index in [9.17, 15) is 0 Å². The van der Waals surface area contributed by atoms with Crippen LogP contribution in [0.4, 0.5) is 0 Å². The van der Waals surface area contributed by atoms with Gasteiger partial charge in [0.15, 0.2) is 12.2 Å². The zero-order chi connectivity index (χ0) is 23.5. The smallest absolute Gasteiger partial charge is 0.191 e. The van der Waals surface area contributed by atoms with E-state index in [1.807, 2.05) is 0 Å². The number of benzene rings is 1. The number of hydrogen-bond donors (Lipinski definition) is 0. The van der Waals surface area contributed by atoms with Crippen molar-refractivity contribution in [2.45, 2.75) is 78.1 Å². The lowest BCUT2D eigenvalue weighted by atomic mass is 9.79. The van der Waals surface area contributed by atoms with Crippen molar-refractivity contribution < 1.29 is 4.57 Å². The molecule has 0 saturated carbocycles. The molecule has 1 aliphatic heterocycles. The fourth-order valence-corrected chi connectivity index (χ4v) is 6.76. The summed E-state index contributed by atoms with van der Waals surface area (Å²) in [6.45, 7) is 22.9. The maximum absolute atomic E-state index is 4.30. The summed E-state index contributed by atoms with van der Waals surface area (Å²) in [6, 6.07) is 11.8. The van der Waals surface area contributed by atoms with E-state index < -0.39 is 8.07 Å². The first-order valence-electron chi connectivity index (χ1n) is 12.3. The molecular formula is C30H42NSi+. The molecule has 2 heterocycles. The molecule has 0 bridgehead atoms. The number of nitrogens with zero attached hydrogens (tertiary/aromatic N) is 1. The molecule has 32 heavy (non-hydrogen) atoms. The van der Waals surface area contributed by atoms with Crippen LogP contribution in [0, 0.1) is 5.92 Å². The molecule has 0 aliphatic carbocycles. The summed E-state index contributed by atoms with van der Waals surface area (Å²) < 4.78 is 2.54. The molecule has 0 fully saturated rings. The molecule has 2 aromatic rings. The Kier molecular flexibility index (Phi) is 7.77. The first kappa shape index (κ1) is 24.4. The van der Waals surface area contributed by atoms with Crippen LogP contribution in [0.3, 0.4) is 0 Å². The number of aromatic nitrogens is 1. The molecule has 0 spiro atoms. The second kappa shape index (κ2) is 10.2. The van der Waals surface area contributed by atoms with Gasteiger partial charge < -0.3 is 0 Å². The van der Waals surface area contributed by atoms with Gasteiger partial charge >= 0.3 is 0 Å². The summed E-state index contributed by atoms with van der Waals surface area (Å²) in [7, 11) is -1.49. The monoisotopic (exact) mass is 444 g/mol. The minimum Gasteiger partial charge on any atom is -0.191 e. The van der Waals surface area contributed by atoms with Gasteiger partial charge in [-0.15, -0.1) is 0 Å². The number of rotatable bonds is 9. The van der Waals surface area contributed by atoms with Crippen LogP contribution in [0.2, 0.25) is 19.6 Å². The molecule has 2 unspecified atom stereocenters. The fraction of sp³-hybridized carbons (Fsp3) is 0.433. The maximum Gasteiger partial charge on any atom is 0.213 e. The Balaban J connectivity index is 2.13. The van der Waals surface area contributed by atoms with Crippen molar-refractivity contribution in [2.75, 3.05) is 0 Å². The zero-order valence-electron chi connectivity index (χ0n) is 21.1. The molecule has 170 valence electrons. The topological polar surface area (TPSA) is 3.88 Å². The highest BCUT2D eigenvalue weighted by Gasteiger charge is 2.39. The van der Waals surface area contributed by atoms with E-state index in [-0.39, 0.29) is 6.04 Å². The quantitative estimate of drug-likeness (QED) is 0.163. The first-order valence-corrected chi connectivity index (χ1v) is 15.8. The summed E-state index contributed by atoms with van der Waals surface area (Å²) in [5.74, 6) is 1.07. The summed E-state index contributed by atoms with van der Waals surface area (Å²) in [5, 5.41) is 1.59. The largest absolute Gasteiger partial charge is 0.213 e. The molecule has 1 nitrogen and oxygen atoms in total. The highest BCUT2D eigenvalue weighted by Crippen LogP contribution is 2.41. The average molecular weight is 445 g/mol. The Labute approximate surface area is 197 Å². The predicted octanol–water partition coefficient (Wildman–Crippen LogP) is 7.51. The minimum absolute atomic E-state index is 0.269. The molecule has 0 radical (unpaired) electrons. The van der Waals surface area contributed by atoms with Crippen LogP contribution in [0.15, 0.2) is 73.5 Å². The molecule has 3 rings (SSSR count). The third kappa shape index (κ3) is 5.23. The third-order valence-corrected chi connectivity index (χ3v) is 8.68. The van der Waals surface area contributed by atoms with Gasteiger partial charge in [-0.3, -0.25) is 0 Å². The fourth-order valence-electron chi connectivity index (χ4n) is 5.10. The van der Waals surface area contributed by atoms with E-state index in [1.165, 1.54) is 22.4 Å². The van der Waals surface area contributed by atoms with E-state index in [2.05, 4.69) is 113 Å². The Morgan fingerprint density at radius 3 is 2.53 bits per heavy atom. The van der Waals surface area contributed by atoms with Gasteiger partial charge in [0.1, 0.15) is 0 Å². The standard InChI is InChI=1S/C30H42NSi/c1-9-11-14-23(5)17-18-27-25-15-12-13-16-26(25)29-20-24(19-22(3)4)30(32(6,7)8)21-31(29)28(27)10-2/h10-16,20-22,27-28H,2,5,9,17-19H2,1,3-4,6-8H3/q+1/b14-11-. The number of allylic oxidation sites excluding steroid dienone is 4. The molecule has 1 aromatic carbocycles. The van der Waals surface area contributed by atoms with Crippen LogP contribution in [-0.2, 0) is 6.42 Å². The molecular weight excluding hydrogens is 402 g/mol. The average Bonchev–Trinajstić information content (AvgIpc) is 2.74. The molecule has 2 heteroatoms. The summed E-state index contributed by atoms with van der Waals surface area (Å²) >= 11 is 0. The normalized spacial score (nSPS) is 18.0. The second-order valence-electron chi connectivity index (χ2n) is 10.8. The molecule has 1 aliphatic rings. The van der Waals surface area contributed by atoms with E-state index in [4.69, 9.17) is 0 Å². The van der Waals surface area contributed by atoms with Crippen molar-refractivity contribution in [3.63, 3.8) is 0 Å². The SMILES string of the molecule is C=CC1C(CCC(=C)/C=C\CC)c2ccccc2-c2cc(CC(C)C)c([Si](C)(C)C)c[n+]21. The Morgan fingerprint density at radius 2 is 1.91 bits per heavy atom. The van der Waals surface area contributed by atoms with Gasteiger partial charge in [-0.05, 0) is 54.9 Å².